The first-order chi connectivity index (χ1) is 12.3. The van der Waals surface area contributed by atoms with Crippen LogP contribution < -0.4 is 14.7 Å². The van der Waals surface area contributed by atoms with E-state index in [2.05, 4.69) is 5.10 Å². The van der Waals surface area contributed by atoms with Gasteiger partial charge in [-0.05, 0) is 0 Å². The molecule has 0 spiro atoms. The first kappa shape index (κ1) is 18.3. The molecule has 0 amide bonds. The number of hydrogen-bond acceptors (Lipinski definition) is 3. The average molecular weight is 442 g/mol. The SMILES string of the molecule is N#Cc1nn(-c2ccc(C(F)(F)F)cc2Cl)c(N)c1[Se]c1ccccc1. The molecule has 0 atom stereocenters. The number of anilines is 1. The Hall–Kier alpha value is -2.46. The van der Waals surface area contributed by atoms with Gasteiger partial charge in [-0.1, -0.05) is 0 Å². The minimum atomic E-state index is -4.50. The molecule has 0 aliphatic carbocycles. The summed E-state index contributed by atoms with van der Waals surface area (Å²) in [4.78, 5) is 0. The third-order valence-corrected chi connectivity index (χ3v) is 6.09. The number of nitrogen functional groups attached to an aromatic ring is 1. The molecular weight excluding hydrogens is 432 g/mol. The van der Waals surface area contributed by atoms with E-state index < -0.39 is 11.7 Å². The quantitative estimate of drug-likeness (QED) is 0.636. The van der Waals surface area contributed by atoms with Crippen molar-refractivity contribution in [2.24, 2.45) is 0 Å². The number of hydrogen-bond donors (Lipinski definition) is 1. The van der Waals surface area contributed by atoms with Gasteiger partial charge in [-0.25, -0.2) is 0 Å². The standard InChI is InChI=1S/C17H10ClF3N4Se/c18-12-8-10(17(19,20)21)6-7-14(12)25-16(23)15(13(9-22)24-25)26-11-4-2-1-3-5-11/h1-8H,23H2. The molecule has 0 unspecified atom stereocenters. The van der Waals surface area contributed by atoms with Crippen molar-refractivity contribution in [2.45, 2.75) is 6.18 Å². The van der Waals surface area contributed by atoms with Crippen molar-refractivity contribution in [3.05, 3.63) is 64.8 Å². The molecule has 2 N–H and O–H groups in total. The van der Waals surface area contributed by atoms with Crippen molar-refractivity contribution in [1.82, 2.24) is 9.78 Å². The zero-order chi connectivity index (χ0) is 18.9. The summed E-state index contributed by atoms with van der Waals surface area (Å²) in [7, 11) is 0. The summed E-state index contributed by atoms with van der Waals surface area (Å²) in [5.74, 6) is 0.187. The van der Waals surface area contributed by atoms with E-state index >= 15 is 0 Å². The predicted molar refractivity (Wildman–Crippen MR) is 94.2 cm³/mol. The van der Waals surface area contributed by atoms with E-state index in [1.165, 1.54) is 10.7 Å². The molecule has 0 saturated carbocycles. The third-order valence-electron chi connectivity index (χ3n) is 3.45. The van der Waals surface area contributed by atoms with Gasteiger partial charge in [0.1, 0.15) is 0 Å². The van der Waals surface area contributed by atoms with Crippen LogP contribution in [0.25, 0.3) is 5.69 Å². The van der Waals surface area contributed by atoms with E-state index in [1.807, 2.05) is 36.4 Å². The van der Waals surface area contributed by atoms with E-state index in [9.17, 15) is 18.4 Å². The van der Waals surface area contributed by atoms with Gasteiger partial charge in [-0.15, -0.1) is 0 Å². The van der Waals surface area contributed by atoms with Crippen LogP contribution >= 0.6 is 11.6 Å². The van der Waals surface area contributed by atoms with Gasteiger partial charge >= 0.3 is 158 Å². The molecule has 3 aromatic rings. The first-order valence-electron chi connectivity index (χ1n) is 7.20. The van der Waals surface area contributed by atoms with Gasteiger partial charge in [-0.3, -0.25) is 0 Å². The van der Waals surface area contributed by atoms with Crippen molar-refractivity contribution < 1.29 is 13.2 Å². The molecule has 2 aromatic carbocycles. The Morgan fingerprint density at radius 1 is 1.15 bits per heavy atom. The van der Waals surface area contributed by atoms with E-state index in [-0.39, 0.29) is 37.2 Å². The molecule has 132 valence electrons. The van der Waals surface area contributed by atoms with Crippen LogP contribution in [0.4, 0.5) is 19.0 Å². The number of nitrogens with two attached hydrogens (primary N) is 1. The van der Waals surface area contributed by atoms with Crippen molar-refractivity contribution in [3.8, 4) is 11.8 Å². The van der Waals surface area contributed by atoms with E-state index in [1.54, 1.807) is 0 Å². The summed E-state index contributed by atoms with van der Waals surface area (Å²) in [6.45, 7) is 0. The van der Waals surface area contributed by atoms with Gasteiger partial charge in [0.15, 0.2) is 0 Å². The van der Waals surface area contributed by atoms with Gasteiger partial charge < -0.3 is 0 Å². The molecule has 1 heterocycles. The summed E-state index contributed by atoms with van der Waals surface area (Å²) in [6.07, 6.45) is -4.50. The molecule has 0 aliphatic heterocycles. The minimum absolute atomic E-state index is 0.127. The second kappa shape index (κ2) is 7.04. The van der Waals surface area contributed by atoms with Crippen LogP contribution in [0.5, 0.6) is 0 Å². The van der Waals surface area contributed by atoms with E-state index in [0.717, 1.165) is 16.6 Å². The second-order valence-corrected chi connectivity index (χ2v) is 7.85. The zero-order valence-corrected chi connectivity index (χ0v) is 15.4. The first-order valence-corrected chi connectivity index (χ1v) is 9.29. The topological polar surface area (TPSA) is 67.6 Å². The van der Waals surface area contributed by atoms with Crippen LogP contribution in [0.2, 0.25) is 5.02 Å². The summed E-state index contributed by atoms with van der Waals surface area (Å²) in [5.41, 5.74) is 5.58. The molecule has 3 rings (SSSR count). The molecule has 0 saturated heterocycles. The maximum atomic E-state index is 12.8. The Morgan fingerprint density at radius 2 is 1.85 bits per heavy atom. The van der Waals surface area contributed by atoms with Gasteiger partial charge in [0.2, 0.25) is 0 Å². The van der Waals surface area contributed by atoms with Gasteiger partial charge in [0.05, 0.1) is 0 Å². The molecule has 9 heteroatoms. The van der Waals surface area contributed by atoms with E-state index in [0.29, 0.717) is 4.46 Å². The monoisotopic (exact) mass is 442 g/mol. The molecule has 0 fully saturated rings. The number of aromatic nitrogens is 2. The second-order valence-electron chi connectivity index (χ2n) is 5.17. The fraction of sp³-hybridized carbons (Fsp3) is 0.0588. The molecule has 4 nitrogen and oxygen atoms in total. The maximum absolute atomic E-state index is 12.8. The Bertz CT molecular complexity index is 994. The van der Waals surface area contributed by atoms with Crippen molar-refractivity contribution in [1.29, 1.82) is 5.26 Å². The number of nitrogens with zero attached hydrogens (tertiary/aromatic N) is 3. The molecule has 0 aliphatic rings. The van der Waals surface area contributed by atoms with Gasteiger partial charge in [0.25, 0.3) is 0 Å². The molecule has 0 bridgehead atoms. The Morgan fingerprint density at radius 3 is 2.42 bits per heavy atom. The Kier molecular flexibility index (Phi) is 4.96. The predicted octanol–water partition coefficient (Wildman–Crippen LogP) is 2.65. The molecule has 0 radical (unpaired) electrons. The van der Waals surface area contributed by atoms with Crippen LogP contribution in [0, 0.1) is 11.3 Å². The van der Waals surface area contributed by atoms with Gasteiger partial charge in [0, 0.05) is 0 Å². The Balaban J connectivity index is 2.06. The number of alkyl halides is 3. The zero-order valence-electron chi connectivity index (χ0n) is 13.0. The molecule has 26 heavy (non-hydrogen) atoms. The summed E-state index contributed by atoms with van der Waals surface area (Å²) < 4.78 is 41.2. The van der Waals surface area contributed by atoms with Crippen LogP contribution in [0.1, 0.15) is 11.3 Å². The van der Waals surface area contributed by atoms with Crippen molar-refractivity contribution >= 4 is 41.3 Å². The fourth-order valence-electron chi connectivity index (χ4n) is 2.24. The number of nitriles is 1. The van der Waals surface area contributed by atoms with Crippen LogP contribution in [0.15, 0.2) is 48.5 Å². The third kappa shape index (κ3) is 3.56. The number of rotatable bonds is 3. The Labute approximate surface area is 158 Å². The van der Waals surface area contributed by atoms with E-state index in [4.69, 9.17) is 17.3 Å². The molecular formula is C17H10ClF3N4Se. The average Bonchev–Trinajstić information content (AvgIpc) is 2.91. The molecule has 1 aromatic heterocycles. The summed E-state index contributed by atoms with van der Waals surface area (Å²) in [5, 5.41) is 13.3. The van der Waals surface area contributed by atoms with Crippen LogP contribution in [-0.2, 0) is 6.18 Å². The van der Waals surface area contributed by atoms with Crippen LogP contribution in [0.3, 0.4) is 0 Å². The van der Waals surface area contributed by atoms with Crippen LogP contribution in [-0.4, -0.2) is 24.7 Å². The summed E-state index contributed by atoms with van der Waals surface area (Å²) >= 11 is 5.73. The number of halogens is 4. The van der Waals surface area contributed by atoms with Gasteiger partial charge in [-0.2, -0.15) is 0 Å². The summed E-state index contributed by atoms with van der Waals surface area (Å²) in [6, 6.07) is 14.3. The number of benzene rings is 2. The van der Waals surface area contributed by atoms with Crippen molar-refractivity contribution in [3.63, 3.8) is 0 Å². The fourth-order valence-corrected chi connectivity index (χ4v) is 4.39. The van der Waals surface area contributed by atoms with Crippen molar-refractivity contribution in [2.75, 3.05) is 5.73 Å². The normalized spacial score (nSPS) is 11.3.